The normalized spacial score (nSPS) is 11.9. The van der Waals surface area contributed by atoms with Gasteiger partial charge in [-0.2, -0.15) is 0 Å². The van der Waals surface area contributed by atoms with Crippen molar-refractivity contribution in [3.8, 4) is 0 Å². The van der Waals surface area contributed by atoms with E-state index in [4.69, 9.17) is 4.74 Å². The van der Waals surface area contributed by atoms with Crippen LogP contribution in [0.25, 0.3) is 0 Å². The average molecular weight is 498 g/mol. The molecule has 0 saturated heterocycles. The summed E-state index contributed by atoms with van der Waals surface area (Å²) in [5.41, 5.74) is 0.547. The van der Waals surface area contributed by atoms with Crippen molar-refractivity contribution >= 4 is 31.6 Å². The highest BCUT2D eigenvalue weighted by atomic mass is 32.2. The third kappa shape index (κ3) is 8.52. The summed E-state index contributed by atoms with van der Waals surface area (Å²) in [4.78, 5) is 12.7. The number of unbranched alkanes of at least 4 members (excludes halogenated alkanes) is 1. The summed E-state index contributed by atoms with van der Waals surface area (Å²) >= 11 is 0. The smallest absolute Gasteiger partial charge is 0.255 e. The molecule has 0 aliphatic rings. The predicted octanol–water partition coefficient (Wildman–Crippen LogP) is 2.72. The fraction of sp³-hybridized carbons (Fsp3) is 0.409. The minimum absolute atomic E-state index is 0.00288. The summed E-state index contributed by atoms with van der Waals surface area (Å²) in [6, 6.07) is 11.4. The van der Waals surface area contributed by atoms with Crippen LogP contribution in [0.5, 0.6) is 0 Å². The first-order valence-corrected chi connectivity index (χ1v) is 13.7. The molecule has 0 spiro atoms. The summed E-state index contributed by atoms with van der Waals surface area (Å²) in [6.45, 7) is 5.47. The van der Waals surface area contributed by atoms with Crippen LogP contribution >= 0.6 is 0 Å². The van der Waals surface area contributed by atoms with E-state index in [-0.39, 0.29) is 21.9 Å². The molecule has 2 aromatic carbocycles. The van der Waals surface area contributed by atoms with E-state index < -0.39 is 26.0 Å². The number of rotatable bonds is 14. The van der Waals surface area contributed by atoms with E-state index in [1.165, 1.54) is 48.5 Å². The Morgan fingerprint density at radius 2 is 1.48 bits per heavy atom. The molecule has 2 aromatic rings. The highest BCUT2D eigenvalue weighted by Crippen LogP contribution is 2.17. The highest BCUT2D eigenvalue weighted by molar-refractivity contribution is 7.89. The molecular weight excluding hydrogens is 466 g/mol. The van der Waals surface area contributed by atoms with Crippen LogP contribution in [0.4, 0.5) is 5.69 Å². The molecule has 0 unspecified atom stereocenters. The molecule has 0 radical (unpaired) electrons. The largest absolute Gasteiger partial charge is 0.382 e. The van der Waals surface area contributed by atoms with E-state index >= 15 is 0 Å². The van der Waals surface area contributed by atoms with Crippen LogP contribution in [0.15, 0.2) is 58.3 Å². The number of ether oxygens (including phenoxy) is 1. The second-order valence-electron chi connectivity index (χ2n) is 7.21. The molecule has 0 fully saturated rings. The zero-order chi connectivity index (χ0) is 24.3. The van der Waals surface area contributed by atoms with Crippen LogP contribution < -0.4 is 14.8 Å². The van der Waals surface area contributed by atoms with Gasteiger partial charge in [-0.1, -0.05) is 19.4 Å². The Balaban J connectivity index is 2.02. The lowest BCUT2D eigenvalue weighted by Crippen LogP contribution is -2.25. The Bertz CT molecular complexity index is 1120. The van der Waals surface area contributed by atoms with Gasteiger partial charge < -0.3 is 10.1 Å². The maximum atomic E-state index is 12.6. The first-order chi connectivity index (χ1) is 15.7. The lowest BCUT2D eigenvalue weighted by Gasteiger charge is -2.10. The summed E-state index contributed by atoms with van der Waals surface area (Å²) in [6.07, 6.45) is 2.13. The fourth-order valence-corrected chi connectivity index (χ4v) is 4.99. The van der Waals surface area contributed by atoms with E-state index in [0.717, 1.165) is 6.42 Å². The molecule has 2 rings (SSSR count). The minimum atomic E-state index is -3.71. The van der Waals surface area contributed by atoms with Crippen molar-refractivity contribution in [3.05, 3.63) is 54.1 Å². The number of carbonyl (C=O) groups is 1. The number of sulfonamides is 2. The van der Waals surface area contributed by atoms with E-state index in [9.17, 15) is 21.6 Å². The van der Waals surface area contributed by atoms with Gasteiger partial charge in [-0.25, -0.2) is 26.3 Å². The van der Waals surface area contributed by atoms with Crippen molar-refractivity contribution in [1.29, 1.82) is 0 Å². The van der Waals surface area contributed by atoms with Crippen molar-refractivity contribution in [3.63, 3.8) is 0 Å². The third-order valence-corrected chi connectivity index (χ3v) is 7.55. The number of hydrogen-bond acceptors (Lipinski definition) is 6. The molecule has 3 N–H and O–H groups in total. The summed E-state index contributed by atoms with van der Waals surface area (Å²) in [5, 5.41) is 2.65. The quantitative estimate of drug-likeness (QED) is 0.344. The van der Waals surface area contributed by atoms with Crippen molar-refractivity contribution in [2.75, 3.05) is 31.6 Å². The molecule has 0 aromatic heterocycles. The number of carbonyl (C=O) groups excluding carboxylic acids is 1. The van der Waals surface area contributed by atoms with Crippen LogP contribution in [0.2, 0.25) is 0 Å². The molecule has 9 nitrogen and oxygen atoms in total. The van der Waals surface area contributed by atoms with Crippen molar-refractivity contribution < 1.29 is 26.4 Å². The zero-order valence-corrected chi connectivity index (χ0v) is 20.5. The Morgan fingerprint density at radius 3 is 2.12 bits per heavy atom. The van der Waals surface area contributed by atoms with E-state index in [2.05, 4.69) is 14.8 Å². The number of hydrogen-bond donors (Lipinski definition) is 3. The predicted molar refractivity (Wildman–Crippen MR) is 127 cm³/mol. The van der Waals surface area contributed by atoms with Gasteiger partial charge in [-0.05, 0) is 62.2 Å². The lowest BCUT2D eigenvalue weighted by atomic mass is 10.2. The van der Waals surface area contributed by atoms with Gasteiger partial charge in [0, 0.05) is 37.6 Å². The molecule has 0 aliphatic heterocycles. The molecule has 0 heterocycles. The molecular formula is C22H31N3O6S2. The second-order valence-corrected chi connectivity index (χ2v) is 10.7. The minimum Gasteiger partial charge on any atom is -0.382 e. The first kappa shape index (κ1) is 26.9. The van der Waals surface area contributed by atoms with Crippen molar-refractivity contribution in [2.45, 2.75) is 42.9 Å². The van der Waals surface area contributed by atoms with Crippen molar-refractivity contribution in [1.82, 2.24) is 9.44 Å². The Morgan fingerprint density at radius 1 is 0.848 bits per heavy atom. The van der Waals surface area contributed by atoms with Crippen LogP contribution in [0, 0.1) is 0 Å². The van der Waals surface area contributed by atoms with Gasteiger partial charge in [-0.3, -0.25) is 4.79 Å². The molecule has 182 valence electrons. The molecule has 0 bridgehead atoms. The number of nitrogens with one attached hydrogen (secondary N) is 3. The molecule has 0 saturated carbocycles. The maximum Gasteiger partial charge on any atom is 0.255 e. The average Bonchev–Trinajstić information content (AvgIpc) is 2.79. The van der Waals surface area contributed by atoms with Gasteiger partial charge >= 0.3 is 0 Å². The molecule has 0 atom stereocenters. The molecule has 11 heteroatoms. The van der Waals surface area contributed by atoms with Crippen LogP contribution in [-0.2, 0) is 24.8 Å². The van der Waals surface area contributed by atoms with Gasteiger partial charge in [-0.15, -0.1) is 0 Å². The first-order valence-electron chi connectivity index (χ1n) is 10.8. The van der Waals surface area contributed by atoms with Crippen LogP contribution in [0.1, 0.15) is 43.5 Å². The second kappa shape index (κ2) is 12.8. The Kier molecular flexibility index (Phi) is 10.5. The molecule has 33 heavy (non-hydrogen) atoms. The lowest BCUT2D eigenvalue weighted by molar-refractivity contribution is 0.102. The SMILES string of the molecule is CCCCNS(=O)(=O)c1cccc(C(=O)Nc2ccc(S(=O)(=O)NCCCOCC)cc2)c1. The molecule has 0 aliphatic carbocycles. The topological polar surface area (TPSA) is 131 Å². The van der Waals surface area contributed by atoms with Crippen molar-refractivity contribution in [2.24, 2.45) is 0 Å². The van der Waals surface area contributed by atoms with E-state index in [1.54, 1.807) is 0 Å². The van der Waals surface area contributed by atoms with E-state index in [1.807, 2.05) is 13.8 Å². The molecule has 1 amide bonds. The number of amides is 1. The van der Waals surface area contributed by atoms with Crippen LogP contribution in [-0.4, -0.2) is 49.0 Å². The fourth-order valence-electron chi connectivity index (χ4n) is 2.80. The summed E-state index contributed by atoms with van der Waals surface area (Å²) in [7, 11) is -7.38. The summed E-state index contributed by atoms with van der Waals surface area (Å²) in [5.74, 6) is -0.509. The summed E-state index contributed by atoms with van der Waals surface area (Å²) < 4.78 is 59.6. The zero-order valence-electron chi connectivity index (χ0n) is 18.8. The van der Waals surface area contributed by atoms with Gasteiger partial charge in [0.25, 0.3) is 5.91 Å². The van der Waals surface area contributed by atoms with Gasteiger partial charge in [0.05, 0.1) is 9.79 Å². The third-order valence-electron chi connectivity index (χ3n) is 4.61. The standard InChI is InChI=1S/C22H31N3O6S2/c1-3-5-14-23-33(29,30)21-9-6-8-18(17-21)22(26)25-19-10-12-20(13-11-19)32(27,28)24-15-7-16-31-4-2/h6,8-13,17,23-24H,3-5,7,14-16H2,1-2H3,(H,25,26). The Hall–Kier alpha value is -2.31. The highest BCUT2D eigenvalue weighted by Gasteiger charge is 2.17. The maximum absolute atomic E-state index is 12.6. The Labute approximate surface area is 196 Å². The monoisotopic (exact) mass is 497 g/mol. The van der Waals surface area contributed by atoms with Gasteiger partial charge in [0.15, 0.2) is 0 Å². The number of benzene rings is 2. The number of anilines is 1. The van der Waals surface area contributed by atoms with E-state index in [0.29, 0.717) is 38.3 Å². The van der Waals surface area contributed by atoms with Gasteiger partial charge in [0.1, 0.15) is 0 Å². The van der Waals surface area contributed by atoms with Gasteiger partial charge in [0.2, 0.25) is 20.0 Å². The van der Waals surface area contributed by atoms with Crippen LogP contribution in [0.3, 0.4) is 0 Å².